The highest BCUT2D eigenvalue weighted by atomic mass is 16.6. The zero-order valence-electron chi connectivity index (χ0n) is 14.0. The summed E-state index contributed by atoms with van der Waals surface area (Å²) < 4.78 is 0. The van der Waals surface area contributed by atoms with E-state index in [1.165, 1.54) is 18.2 Å². The maximum absolute atomic E-state index is 12.8. The van der Waals surface area contributed by atoms with Gasteiger partial charge in [-0.25, -0.2) is 0 Å². The quantitative estimate of drug-likeness (QED) is 0.511. The van der Waals surface area contributed by atoms with Crippen molar-refractivity contribution in [3.63, 3.8) is 0 Å². The molecule has 0 aliphatic rings. The molecule has 0 saturated heterocycles. The van der Waals surface area contributed by atoms with Gasteiger partial charge < -0.3 is 10.6 Å². The second-order valence-electron chi connectivity index (χ2n) is 5.87. The molecule has 2 aromatic rings. The van der Waals surface area contributed by atoms with Crippen LogP contribution in [0, 0.1) is 21.4 Å². The summed E-state index contributed by atoms with van der Waals surface area (Å²) in [6.07, 6.45) is 0. The molecule has 0 spiro atoms. The lowest BCUT2D eigenvalue weighted by molar-refractivity contribution is -0.383. The number of amides is 1. The number of nitro groups is 1. The molecule has 128 valence electrons. The molecule has 7 nitrogen and oxygen atoms in total. The zero-order chi connectivity index (χ0) is 18.6. The van der Waals surface area contributed by atoms with E-state index in [1.807, 2.05) is 19.9 Å². The number of nitrogens with two attached hydrogens (primary N) is 1. The molecule has 2 rings (SSSR count). The molecule has 25 heavy (non-hydrogen) atoms. The Labute approximate surface area is 145 Å². The first-order valence-corrected chi connectivity index (χ1v) is 7.67. The Balaban J connectivity index is 2.30. The van der Waals surface area contributed by atoms with Crippen LogP contribution in [0.3, 0.4) is 0 Å². The minimum atomic E-state index is -0.605. The van der Waals surface area contributed by atoms with E-state index in [4.69, 9.17) is 11.0 Å². The summed E-state index contributed by atoms with van der Waals surface area (Å²) >= 11 is 0. The first kappa shape index (κ1) is 17.9. The molecule has 1 amide bonds. The van der Waals surface area contributed by atoms with Crippen LogP contribution in [-0.2, 0) is 6.54 Å². The van der Waals surface area contributed by atoms with Crippen molar-refractivity contribution >= 4 is 17.3 Å². The number of benzene rings is 2. The van der Waals surface area contributed by atoms with E-state index < -0.39 is 4.92 Å². The van der Waals surface area contributed by atoms with E-state index in [9.17, 15) is 14.9 Å². The Hall–Kier alpha value is -3.40. The Morgan fingerprint density at radius 1 is 1.28 bits per heavy atom. The van der Waals surface area contributed by atoms with Crippen LogP contribution in [0.4, 0.5) is 11.4 Å². The van der Waals surface area contributed by atoms with Crippen molar-refractivity contribution in [2.45, 2.75) is 26.4 Å². The second-order valence-corrected chi connectivity index (χ2v) is 5.87. The van der Waals surface area contributed by atoms with E-state index in [2.05, 4.69) is 0 Å². The van der Waals surface area contributed by atoms with Gasteiger partial charge in [-0.15, -0.1) is 0 Å². The summed E-state index contributed by atoms with van der Waals surface area (Å²) in [6.45, 7) is 4.07. The average molecular weight is 338 g/mol. The Bertz CT molecular complexity index is 838. The normalized spacial score (nSPS) is 10.3. The summed E-state index contributed by atoms with van der Waals surface area (Å²) in [5.74, 6) is -0.317. The fraction of sp³-hybridized carbons (Fsp3) is 0.222. The highest BCUT2D eigenvalue weighted by Crippen LogP contribution is 2.24. The number of nitrogens with zero attached hydrogens (tertiary/aromatic N) is 3. The Morgan fingerprint density at radius 2 is 1.92 bits per heavy atom. The van der Waals surface area contributed by atoms with Gasteiger partial charge in [0, 0.05) is 24.2 Å². The van der Waals surface area contributed by atoms with Crippen molar-refractivity contribution in [1.82, 2.24) is 4.90 Å². The smallest absolute Gasteiger partial charge is 0.292 e. The fourth-order valence-corrected chi connectivity index (χ4v) is 2.37. The highest BCUT2D eigenvalue weighted by Gasteiger charge is 2.22. The molecule has 0 atom stereocenters. The van der Waals surface area contributed by atoms with Crippen LogP contribution in [0.25, 0.3) is 0 Å². The lowest BCUT2D eigenvalue weighted by Gasteiger charge is -2.27. The zero-order valence-corrected chi connectivity index (χ0v) is 14.0. The molecule has 0 saturated carbocycles. The molecule has 2 aromatic carbocycles. The summed E-state index contributed by atoms with van der Waals surface area (Å²) in [5.41, 5.74) is 6.94. The van der Waals surface area contributed by atoms with Crippen LogP contribution in [0.1, 0.15) is 35.3 Å². The van der Waals surface area contributed by atoms with Gasteiger partial charge in [0.05, 0.1) is 16.6 Å². The maximum atomic E-state index is 12.8. The molecular weight excluding hydrogens is 320 g/mol. The van der Waals surface area contributed by atoms with Crippen molar-refractivity contribution in [2.24, 2.45) is 0 Å². The molecule has 7 heteroatoms. The van der Waals surface area contributed by atoms with Gasteiger partial charge >= 0.3 is 0 Å². The van der Waals surface area contributed by atoms with Crippen LogP contribution in [0.5, 0.6) is 0 Å². The van der Waals surface area contributed by atoms with Crippen molar-refractivity contribution in [1.29, 1.82) is 5.26 Å². The third kappa shape index (κ3) is 4.12. The van der Waals surface area contributed by atoms with Gasteiger partial charge in [-0.1, -0.05) is 12.1 Å². The van der Waals surface area contributed by atoms with Gasteiger partial charge in [0.15, 0.2) is 0 Å². The lowest BCUT2D eigenvalue weighted by atomic mass is 10.1. The van der Waals surface area contributed by atoms with Crippen molar-refractivity contribution in [3.8, 4) is 6.07 Å². The number of hydrogen-bond donors (Lipinski definition) is 1. The number of carbonyl (C=O) groups excluding carboxylic acids is 1. The maximum Gasteiger partial charge on any atom is 0.292 e. The third-order valence-corrected chi connectivity index (χ3v) is 3.79. The topological polar surface area (TPSA) is 113 Å². The number of nitro benzene ring substituents is 1. The number of hydrogen-bond acceptors (Lipinski definition) is 5. The van der Waals surface area contributed by atoms with Crippen LogP contribution in [0.15, 0.2) is 42.5 Å². The summed E-state index contributed by atoms with van der Waals surface area (Å²) in [5, 5.41) is 19.9. The van der Waals surface area contributed by atoms with Gasteiger partial charge in [-0.2, -0.15) is 5.26 Å². The molecule has 0 fully saturated rings. The minimum Gasteiger partial charge on any atom is -0.393 e. The second kappa shape index (κ2) is 7.45. The SMILES string of the molecule is CC(C)N(Cc1ccc(C#N)cc1)C(=O)c1ccc(N)c([N+](=O)[O-])c1. The van der Waals surface area contributed by atoms with Crippen molar-refractivity contribution in [3.05, 3.63) is 69.3 Å². The fourth-order valence-electron chi connectivity index (χ4n) is 2.37. The monoisotopic (exact) mass is 338 g/mol. The van der Waals surface area contributed by atoms with Gasteiger partial charge in [0.1, 0.15) is 5.69 Å². The first-order chi connectivity index (χ1) is 11.8. The van der Waals surface area contributed by atoms with Crippen LogP contribution in [0.2, 0.25) is 0 Å². The molecular formula is C18H18N4O3. The highest BCUT2D eigenvalue weighted by molar-refractivity contribution is 5.95. The van der Waals surface area contributed by atoms with Crippen LogP contribution < -0.4 is 5.73 Å². The predicted octanol–water partition coefficient (Wildman–Crippen LogP) is 3.10. The van der Waals surface area contributed by atoms with E-state index in [0.717, 1.165) is 5.56 Å². The van der Waals surface area contributed by atoms with Crippen LogP contribution in [-0.4, -0.2) is 21.8 Å². The van der Waals surface area contributed by atoms with Crippen molar-refractivity contribution < 1.29 is 9.72 Å². The molecule has 0 radical (unpaired) electrons. The van der Waals surface area contributed by atoms with Gasteiger partial charge in [-0.3, -0.25) is 14.9 Å². The Kier molecular flexibility index (Phi) is 5.35. The number of rotatable bonds is 5. The lowest BCUT2D eigenvalue weighted by Crippen LogP contribution is -2.36. The minimum absolute atomic E-state index is 0.0183. The number of carbonyl (C=O) groups is 1. The molecule has 0 aromatic heterocycles. The molecule has 0 aliphatic carbocycles. The molecule has 0 aliphatic heterocycles. The Morgan fingerprint density at radius 3 is 2.44 bits per heavy atom. The van der Waals surface area contributed by atoms with Gasteiger partial charge in [-0.05, 0) is 43.7 Å². The number of anilines is 1. The van der Waals surface area contributed by atoms with Crippen LogP contribution >= 0.6 is 0 Å². The third-order valence-electron chi connectivity index (χ3n) is 3.79. The number of nitrogen functional groups attached to an aromatic ring is 1. The number of nitriles is 1. The van der Waals surface area contributed by atoms with Gasteiger partial charge in [0.2, 0.25) is 0 Å². The molecule has 0 unspecified atom stereocenters. The standard InChI is InChI=1S/C18H18N4O3/c1-12(2)21(11-14-5-3-13(10-19)4-6-14)18(23)15-7-8-16(20)17(9-15)22(24)25/h3-9,12H,11,20H2,1-2H3. The van der Waals surface area contributed by atoms with E-state index >= 15 is 0 Å². The molecule has 0 heterocycles. The first-order valence-electron chi connectivity index (χ1n) is 7.67. The van der Waals surface area contributed by atoms with E-state index in [-0.39, 0.29) is 28.9 Å². The van der Waals surface area contributed by atoms with E-state index in [0.29, 0.717) is 12.1 Å². The van der Waals surface area contributed by atoms with E-state index in [1.54, 1.807) is 29.2 Å². The molecule has 2 N–H and O–H groups in total. The largest absolute Gasteiger partial charge is 0.393 e. The molecule has 0 bridgehead atoms. The van der Waals surface area contributed by atoms with Gasteiger partial charge in [0.25, 0.3) is 11.6 Å². The summed E-state index contributed by atoms with van der Waals surface area (Å²) in [4.78, 5) is 24.8. The van der Waals surface area contributed by atoms with Crippen molar-refractivity contribution in [2.75, 3.05) is 5.73 Å². The predicted molar refractivity (Wildman–Crippen MR) is 93.7 cm³/mol. The summed E-state index contributed by atoms with van der Waals surface area (Å²) in [6, 6.07) is 12.9. The summed E-state index contributed by atoms with van der Waals surface area (Å²) in [7, 11) is 0. The average Bonchev–Trinajstić information content (AvgIpc) is 2.59.